The molecule has 0 aromatic heterocycles. The first-order valence-electron chi connectivity index (χ1n) is 7.79. The zero-order valence-corrected chi connectivity index (χ0v) is 11.9. The fraction of sp³-hybridized carbons (Fsp3) is 0.444. The molecule has 1 aromatic carbocycles. The number of hydrogen-bond acceptors (Lipinski definition) is 2. The van der Waals surface area contributed by atoms with E-state index in [-0.39, 0.29) is 23.7 Å². The maximum Gasteiger partial charge on any atom is 0.238 e. The molecule has 2 bridgehead atoms. The van der Waals surface area contributed by atoms with Crippen molar-refractivity contribution in [2.24, 2.45) is 35.5 Å². The van der Waals surface area contributed by atoms with Crippen LogP contribution in [0.15, 0.2) is 36.4 Å². The van der Waals surface area contributed by atoms with E-state index in [1.807, 2.05) is 31.2 Å². The molecule has 6 rings (SSSR count). The molecule has 1 aromatic rings. The van der Waals surface area contributed by atoms with Gasteiger partial charge in [-0.2, -0.15) is 0 Å². The zero-order chi connectivity index (χ0) is 14.3. The Labute approximate surface area is 123 Å². The minimum absolute atomic E-state index is 0.0264. The molecule has 21 heavy (non-hydrogen) atoms. The standard InChI is InChI=1S/C18H17NO2/c1-9-2-4-10(5-3-9)19-17(20)15-11-6-7-12(14-8-13(11)14)16(15)18(19)21/h2-7,11-16H,8H2,1H3/t11-,12-,13-,14-,15-,16+/m0/s1. The summed E-state index contributed by atoms with van der Waals surface area (Å²) < 4.78 is 0. The van der Waals surface area contributed by atoms with E-state index in [2.05, 4.69) is 12.2 Å². The average molecular weight is 279 g/mol. The molecule has 2 saturated carbocycles. The highest BCUT2D eigenvalue weighted by molar-refractivity contribution is 6.22. The Kier molecular flexibility index (Phi) is 2.04. The van der Waals surface area contributed by atoms with Crippen molar-refractivity contribution in [1.82, 2.24) is 0 Å². The quantitative estimate of drug-likeness (QED) is 0.585. The van der Waals surface area contributed by atoms with Gasteiger partial charge in [-0.1, -0.05) is 29.8 Å². The lowest BCUT2D eigenvalue weighted by atomic mass is 9.63. The van der Waals surface area contributed by atoms with E-state index >= 15 is 0 Å². The number of carbonyl (C=O) groups is 2. The molecule has 0 radical (unpaired) electrons. The van der Waals surface area contributed by atoms with Crippen LogP contribution in [0.25, 0.3) is 0 Å². The third-order valence-electron chi connectivity index (χ3n) is 5.95. The van der Waals surface area contributed by atoms with Gasteiger partial charge in [-0.25, -0.2) is 0 Å². The van der Waals surface area contributed by atoms with E-state index in [1.54, 1.807) is 0 Å². The molecule has 0 unspecified atom stereocenters. The van der Waals surface area contributed by atoms with Gasteiger partial charge in [-0.05, 0) is 49.1 Å². The van der Waals surface area contributed by atoms with Crippen molar-refractivity contribution < 1.29 is 9.59 Å². The molecule has 6 atom stereocenters. The van der Waals surface area contributed by atoms with Crippen LogP contribution in [0.3, 0.4) is 0 Å². The number of hydrogen-bond donors (Lipinski definition) is 0. The van der Waals surface area contributed by atoms with Gasteiger partial charge in [0.2, 0.25) is 11.8 Å². The topological polar surface area (TPSA) is 37.4 Å². The number of amides is 2. The molecule has 0 spiro atoms. The third-order valence-corrected chi connectivity index (χ3v) is 5.95. The molecule has 1 aliphatic heterocycles. The summed E-state index contributed by atoms with van der Waals surface area (Å²) in [5.41, 5.74) is 1.87. The molecule has 1 heterocycles. The Morgan fingerprint density at radius 2 is 1.43 bits per heavy atom. The van der Waals surface area contributed by atoms with Gasteiger partial charge in [-0.15, -0.1) is 0 Å². The monoisotopic (exact) mass is 279 g/mol. The maximum absolute atomic E-state index is 12.9. The summed E-state index contributed by atoms with van der Waals surface area (Å²) in [7, 11) is 0. The summed E-state index contributed by atoms with van der Waals surface area (Å²) in [6.45, 7) is 2.01. The first-order chi connectivity index (χ1) is 10.2. The normalized spacial score (nSPS) is 42.2. The van der Waals surface area contributed by atoms with E-state index in [4.69, 9.17) is 0 Å². The Balaban J connectivity index is 1.58. The van der Waals surface area contributed by atoms with Gasteiger partial charge in [0.05, 0.1) is 17.5 Å². The van der Waals surface area contributed by atoms with Crippen LogP contribution in [0.1, 0.15) is 12.0 Å². The van der Waals surface area contributed by atoms with Crippen LogP contribution in [-0.2, 0) is 9.59 Å². The summed E-state index contributed by atoms with van der Waals surface area (Å²) in [4.78, 5) is 27.2. The first-order valence-corrected chi connectivity index (χ1v) is 7.79. The van der Waals surface area contributed by atoms with Gasteiger partial charge in [0.15, 0.2) is 0 Å². The van der Waals surface area contributed by atoms with Crippen LogP contribution in [-0.4, -0.2) is 11.8 Å². The number of nitrogens with zero attached hydrogens (tertiary/aromatic N) is 1. The van der Waals surface area contributed by atoms with Crippen molar-refractivity contribution in [3.8, 4) is 0 Å². The second-order valence-corrected chi connectivity index (χ2v) is 7.00. The lowest BCUT2D eigenvalue weighted by molar-refractivity contribution is -0.124. The molecule has 3 fully saturated rings. The molecular weight excluding hydrogens is 262 g/mol. The van der Waals surface area contributed by atoms with Crippen LogP contribution in [0, 0.1) is 42.4 Å². The fourth-order valence-corrected chi connectivity index (χ4v) is 4.91. The average Bonchev–Trinajstić information content (AvgIpc) is 3.26. The summed E-state index contributed by atoms with van der Waals surface area (Å²) in [5, 5.41) is 0. The van der Waals surface area contributed by atoms with Crippen molar-refractivity contribution in [1.29, 1.82) is 0 Å². The van der Waals surface area contributed by atoms with Gasteiger partial charge in [0.1, 0.15) is 0 Å². The van der Waals surface area contributed by atoms with Crippen molar-refractivity contribution in [2.45, 2.75) is 13.3 Å². The molecule has 2 amide bonds. The number of aryl methyl sites for hydroxylation is 1. The highest BCUT2D eigenvalue weighted by atomic mass is 16.2. The van der Waals surface area contributed by atoms with Crippen LogP contribution in [0.4, 0.5) is 5.69 Å². The number of rotatable bonds is 1. The summed E-state index contributed by atoms with van der Waals surface area (Å²) >= 11 is 0. The number of imide groups is 1. The Morgan fingerprint density at radius 3 is 1.95 bits per heavy atom. The van der Waals surface area contributed by atoms with E-state index in [1.165, 1.54) is 11.3 Å². The van der Waals surface area contributed by atoms with Gasteiger partial charge >= 0.3 is 0 Å². The van der Waals surface area contributed by atoms with Crippen molar-refractivity contribution in [3.63, 3.8) is 0 Å². The van der Waals surface area contributed by atoms with Crippen LogP contribution in [0.2, 0.25) is 0 Å². The van der Waals surface area contributed by atoms with Gasteiger partial charge < -0.3 is 0 Å². The molecule has 1 saturated heterocycles. The Bertz CT molecular complexity index is 654. The highest BCUT2D eigenvalue weighted by Crippen LogP contribution is 2.65. The van der Waals surface area contributed by atoms with Crippen LogP contribution < -0.4 is 4.90 Å². The predicted molar refractivity (Wildman–Crippen MR) is 78.4 cm³/mol. The molecule has 106 valence electrons. The SMILES string of the molecule is Cc1ccc(N2C(=O)[C@@H]3[C@H]4C=C[C@@H]([C@@H]5C[C@@H]45)[C@@H]3C2=O)cc1. The third kappa shape index (κ3) is 1.34. The molecule has 3 heteroatoms. The molecule has 3 nitrogen and oxygen atoms in total. The zero-order valence-electron chi connectivity index (χ0n) is 11.9. The summed E-state index contributed by atoms with van der Waals surface area (Å²) in [5.74, 6) is 1.79. The van der Waals surface area contributed by atoms with E-state index in [0.717, 1.165) is 11.3 Å². The lowest BCUT2D eigenvalue weighted by Gasteiger charge is -2.37. The maximum atomic E-state index is 12.9. The molecule has 4 aliphatic carbocycles. The second kappa shape index (κ2) is 3.65. The van der Waals surface area contributed by atoms with Gasteiger partial charge in [0.25, 0.3) is 0 Å². The summed E-state index contributed by atoms with van der Waals surface area (Å²) in [6.07, 6.45) is 5.63. The van der Waals surface area contributed by atoms with Crippen LogP contribution >= 0.6 is 0 Å². The summed E-state index contributed by atoms with van der Waals surface area (Å²) in [6, 6.07) is 7.70. The first kappa shape index (κ1) is 11.7. The highest BCUT2D eigenvalue weighted by Gasteiger charge is 2.67. The smallest absolute Gasteiger partial charge is 0.238 e. The largest absolute Gasteiger partial charge is 0.274 e. The Hall–Kier alpha value is -1.90. The van der Waals surface area contributed by atoms with Crippen LogP contribution in [0.5, 0.6) is 0 Å². The predicted octanol–water partition coefficient (Wildman–Crippen LogP) is 2.55. The van der Waals surface area contributed by atoms with E-state index < -0.39 is 0 Å². The molecular formula is C18H17NO2. The lowest BCUT2D eigenvalue weighted by Crippen LogP contribution is -2.40. The van der Waals surface area contributed by atoms with E-state index in [9.17, 15) is 9.59 Å². The minimum Gasteiger partial charge on any atom is -0.274 e. The Morgan fingerprint density at radius 1 is 0.905 bits per heavy atom. The fourth-order valence-electron chi connectivity index (χ4n) is 4.91. The van der Waals surface area contributed by atoms with Crippen molar-refractivity contribution in [3.05, 3.63) is 42.0 Å². The number of anilines is 1. The van der Waals surface area contributed by atoms with Gasteiger partial charge in [0, 0.05) is 0 Å². The van der Waals surface area contributed by atoms with Crippen molar-refractivity contribution in [2.75, 3.05) is 4.90 Å². The molecule has 0 N–H and O–H groups in total. The number of benzene rings is 1. The molecule has 5 aliphatic rings. The second-order valence-electron chi connectivity index (χ2n) is 7.00. The number of carbonyl (C=O) groups excluding carboxylic acids is 2. The number of allylic oxidation sites excluding steroid dienone is 2. The van der Waals surface area contributed by atoms with Gasteiger partial charge in [-0.3, -0.25) is 14.5 Å². The van der Waals surface area contributed by atoms with E-state index in [0.29, 0.717) is 23.7 Å². The minimum atomic E-state index is -0.0995. The van der Waals surface area contributed by atoms with Crippen molar-refractivity contribution >= 4 is 17.5 Å².